The normalized spacial score (nSPS) is 14.7. The van der Waals surface area contributed by atoms with Crippen LogP contribution in [0.3, 0.4) is 0 Å². The fourth-order valence-corrected chi connectivity index (χ4v) is 1.94. The number of carbonyl (C=O) groups is 2. The van der Waals surface area contributed by atoms with E-state index in [4.69, 9.17) is 5.11 Å². The van der Waals surface area contributed by atoms with Gasteiger partial charge in [0.25, 0.3) is 0 Å². The SMILES string of the molecule is CC(C)(C)c1ccc(C(C)(CC(=O)O)C(=O)O)cc1. The topological polar surface area (TPSA) is 74.6 Å². The van der Waals surface area contributed by atoms with Crippen molar-refractivity contribution in [3.05, 3.63) is 35.4 Å². The summed E-state index contributed by atoms with van der Waals surface area (Å²) in [6, 6.07) is 7.13. The third-order valence-electron chi connectivity index (χ3n) is 3.36. The highest BCUT2D eigenvalue weighted by Gasteiger charge is 2.37. The van der Waals surface area contributed by atoms with Crippen molar-refractivity contribution in [2.45, 2.75) is 44.9 Å². The van der Waals surface area contributed by atoms with Crippen molar-refractivity contribution in [1.82, 2.24) is 0 Å². The Morgan fingerprint density at radius 1 is 0.947 bits per heavy atom. The van der Waals surface area contributed by atoms with Gasteiger partial charge < -0.3 is 10.2 Å². The van der Waals surface area contributed by atoms with Gasteiger partial charge in [-0.15, -0.1) is 0 Å². The molecule has 0 saturated carbocycles. The maximum atomic E-state index is 11.4. The second kappa shape index (κ2) is 5.03. The van der Waals surface area contributed by atoms with Gasteiger partial charge in [-0.3, -0.25) is 9.59 Å². The Balaban J connectivity index is 3.19. The molecular formula is C15H20O4. The van der Waals surface area contributed by atoms with Crippen molar-refractivity contribution in [3.63, 3.8) is 0 Å². The van der Waals surface area contributed by atoms with Gasteiger partial charge in [0.1, 0.15) is 5.41 Å². The number of hydrogen-bond acceptors (Lipinski definition) is 2. The Bertz CT molecular complexity index is 482. The monoisotopic (exact) mass is 264 g/mol. The predicted octanol–water partition coefficient (Wildman–Crippen LogP) is 2.80. The van der Waals surface area contributed by atoms with Gasteiger partial charge in [-0.1, -0.05) is 45.0 Å². The predicted molar refractivity (Wildman–Crippen MR) is 72.4 cm³/mol. The molecule has 0 aliphatic heterocycles. The number of carboxylic acids is 2. The number of rotatable bonds is 4. The molecular weight excluding hydrogens is 244 g/mol. The first-order valence-corrected chi connectivity index (χ1v) is 6.13. The van der Waals surface area contributed by atoms with E-state index in [0.717, 1.165) is 5.56 Å². The molecule has 1 atom stereocenters. The highest BCUT2D eigenvalue weighted by atomic mass is 16.4. The van der Waals surface area contributed by atoms with Crippen LogP contribution >= 0.6 is 0 Å². The molecule has 0 aliphatic rings. The highest BCUT2D eigenvalue weighted by molar-refractivity contribution is 5.86. The van der Waals surface area contributed by atoms with Crippen LogP contribution in [0.15, 0.2) is 24.3 Å². The van der Waals surface area contributed by atoms with E-state index in [1.165, 1.54) is 6.92 Å². The Morgan fingerprint density at radius 3 is 1.68 bits per heavy atom. The smallest absolute Gasteiger partial charge is 0.314 e. The molecule has 1 rings (SSSR count). The van der Waals surface area contributed by atoms with E-state index < -0.39 is 23.8 Å². The third-order valence-corrected chi connectivity index (χ3v) is 3.36. The lowest BCUT2D eigenvalue weighted by atomic mass is 9.78. The van der Waals surface area contributed by atoms with Gasteiger partial charge in [0.15, 0.2) is 0 Å². The maximum Gasteiger partial charge on any atom is 0.314 e. The van der Waals surface area contributed by atoms with E-state index in [1.807, 2.05) is 12.1 Å². The van der Waals surface area contributed by atoms with Crippen molar-refractivity contribution >= 4 is 11.9 Å². The van der Waals surface area contributed by atoms with E-state index in [9.17, 15) is 14.7 Å². The zero-order valence-electron chi connectivity index (χ0n) is 11.7. The number of aliphatic carboxylic acids is 2. The molecule has 4 heteroatoms. The molecule has 0 spiro atoms. The second-order valence-electron chi connectivity index (χ2n) is 6.04. The largest absolute Gasteiger partial charge is 0.481 e. The number of hydrogen-bond donors (Lipinski definition) is 2. The summed E-state index contributed by atoms with van der Waals surface area (Å²) >= 11 is 0. The molecule has 0 aliphatic carbocycles. The molecule has 2 N–H and O–H groups in total. The van der Waals surface area contributed by atoms with Crippen LogP contribution in [-0.2, 0) is 20.4 Å². The van der Waals surface area contributed by atoms with Crippen LogP contribution in [0, 0.1) is 0 Å². The standard InChI is InChI=1S/C15H20O4/c1-14(2,3)10-5-7-11(8-6-10)15(4,13(18)19)9-12(16)17/h5-8H,9H2,1-4H3,(H,16,17)(H,18,19). The zero-order valence-corrected chi connectivity index (χ0v) is 11.7. The minimum atomic E-state index is -1.40. The van der Waals surface area contributed by atoms with E-state index in [1.54, 1.807) is 12.1 Å². The van der Waals surface area contributed by atoms with Gasteiger partial charge in [-0.2, -0.15) is 0 Å². The maximum absolute atomic E-state index is 11.4. The van der Waals surface area contributed by atoms with Gasteiger partial charge in [0.2, 0.25) is 0 Å². The first-order valence-electron chi connectivity index (χ1n) is 6.13. The lowest BCUT2D eigenvalue weighted by Crippen LogP contribution is -2.35. The summed E-state index contributed by atoms with van der Waals surface area (Å²) in [5.74, 6) is -2.25. The average molecular weight is 264 g/mol. The Labute approximate surface area is 113 Å². The Kier molecular flexibility index (Phi) is 4.03. The van der Waals surface area contributed by atoms with Crippen LogP contribution in [-0.4, -0.2) is 22.2 Å². The molecule has 19 heavy (non-hydrogen) atoms. The molecule has 0 aromatic heterocycles. The van der Waals surface area contributed by atoms with Crippen molar-refractivity contribution < 1.29 is 19.8 Å². The molecule has 0 radical (unpaired) electrons. The van der Waals surface area contributed by atoms with Gasteiger partial charge in [-0.05, 0) is 23.5 Å². The molecule has 0 amide bonds. The summed E-state index contributed by atoms with van der Waals surface area (Å²) in [6.07, 6.45) is -0.433. The highest BCUT2D eigenvalue weighted by Crippen LogP contribution is 2.30. The van der Waals surface area contributed by atoms with Crippen molar-refractivity contribution in [2.24, 2.45) is 0 Å². The zero-order chi connectivity index (χ0) is 14.8. The fourth-order valence-electron chi connectivity index (χ4n) is 1.94. The lowest BCUT2D eigenvalue weighted by Gasteiger charge is -2.25. The quantitative estimate of drug-likeness (QED) is 0.876. The molecule has 0 saturated heterocycles. The molecule has 104 valence electrons. The van der Waals surface area contributed by atoms with Crippen LogP contribution in [0.2, 0.25) is 0 Å². The summed E-state index contributed by atoms with van der Waals surface area (Å²) in [5.41, 5.74) is 0.169. The first-order chi connectivity index (χ1) is 8.57. The van der Waals surface area contributed by atoms with E-state index in [-0.39, 0.29) is 5.41 Å². The molecule has 4 nitrogen and oxygen atoms in total. The lowest BCUT2D eigenvalue weighted by molar-refractivity contribution is -0.149. The molecule has 0 bridgehead atoms. The van der Waals surface area contributed by atoms with Crippen LogP contribution in [0.4, 0.5) is 0 Å². The number of carboxylic acid groups (broad SMARTS) is 2. The summed E-state index contributed by atoms with van der Waals surface area (Å²) in [6.45, 7) is 7.64. The summed E-state index contributed by atoms with van der Waals surface area (Å²) in [4.78, 5) is 22.2. The summed E-state index contributed by atoms with van der Waals surface area (Å²) in [7, 11) is 0. The molecule has 1 aromatic rings. The van der Waals surface area contributed by atoms with Gasteiger partial charge in [-0.25, -0.2) is 0 Å². The Hall–Kier alpha value is -1.84. The number of benzene rings is 1. The van der Waals surface area contributed by atoms with Gasteiger partial charge in [0, 0.05) is 0 Å². The van der Waals surface area contributed by atoms with Gasteiger partial charge >= 0.3 is 11.9 Å². The minimum absolute atomic E-state index is 0.0229. The van der Waals surface area contributed by atoms with Crippen LogP contribution in [0.1, 0.15) is 45.2 Å². The van der Waals surface area contributed by atoms with Crippen molar-refractivity contribution in [2.75, 3.05) is 0 Å². The van der Waals surface area contributed by atoms with Crippen LogP contribution in [0.25, 0.3) is 0 Å². The summed E-state index contributed by atoms with van der Waals surface area (Å²) < 4.78 is 0. The van der Waals surface area contributed by atoms with E-state index in [0.29, 0.717) is 5.56 Å². The van der Waals surface area contributed by atoms with Crippen molar-refractivity contribution in [3.8, 4) is 0 Å². The molecule has 1 aromatic carbocycles. The summed E-state index contributed by atoms with van der Waals surface area (Å²) in [5, 5.41) is 18.2. The first kappa shape index (κ1) is 15.2. The fraction of sp³-hybridized carbons (Fsp3) is 0.467. The van der Waals surface area contributed by atoms with E-state index >= 15 is 0 Å². The van der Waals surface area contributed by atoms with Crippen molar-refractivity contribution in [1.29, 1.82) is 0 Å². The Morgan fingerprint density at radius 2 is 1.37 bits per heavy atom. The van der Waals surface area contributed by atoms with Gasteiger partial charge in [0.05, 0.1) is 6.42 Å². The molecule has 0 heterocycles. The molecule has 1 unspecified atom stereocenters. The average Bonchev–Trinajstić information content (AvgIpc) is 2.26. The molecule has 0 fully saturated rings. The van der Waals surface area contributed by atoms with E-state index in [2.05, 4.69) is 20.8 Å². The van der Waals surface area contributed by atoms with Crippen LogP contribution < -0.4 is 0 Å². The third kappa shape index (κ3) is 3.34. The minimum Gasteiger partial charge on any atom is -0.481 e. The second-order valence-corrected chi connectivity index (χ2v) is 6.04. The van der Waals surface area contributed by atoms with Crippen LogP contribution in [0.5, 0.6) is 0 Å².